The largest absolute Gasteiger partial charge is 0.352 e. The van der Waals surface area contributed by atoms with Crippen LogP contribution in [0.1, 0.15) is 22.3 Å². The normalized spacial score (nSPS) is 14.8. The molecule has 2 aromatic carbocycles. The average molecular weight is 386 g/mol. The van der Waals surface area contributed by atoms with Crippen LogP contribution in [0.3, 0.4) is 0 Å². The topological polar surface area (TPSA) is 52.7 Å². The maximum atomic E-state index is 12.4. The quantitative estimate of drug-likeness (QED) is 0.831. The Balaban J connectivity index is 1.37. The minimum absolute atomic E-state index is 0.0887. The van der Waals surface area contributed by atoms with Gasteiger partial charge in [0, 0.05) is 56.3 Å². The second-order valence-electron chi connectivity index (χ2n) is 6.66. The highest BCUT2D eigenvalue weighted by Crippen LogP contribution is 2.14. The molecule has 0 saturated carbocycles. The van der Waals surface area contributed by atoms with Crippen LogP contribution in [-0.4, -0.2) is 54.3 Å². The molecule has 0 radical (unpaired) electrons. The van der Waals surface area contributed by atoms with E-state index >= 15 is 0 Å². The molecule has 1 heterocycles. The zero-order valence-electron chi connectivity index (χ0n) is 15.2. The second-order valence-corrected chi connectivity index (χ2v) is 7.10. The Morgan fingerprint density at radius 3 is 2.41 bits per heavy atom. The number of nitrogens with zero attached hydrogens (tertiary/aromatic N) is 2. The summed E-state index contributed by atoms with van der Waals surface area (Å²) in [5.41, 5.74) is 1.80. The molecule has 1 aliphatic rings. The summed E-state index contributed by atoms with van der Waals surface area (Å²) in [5.74, 6) is -0.0551. The van der Waals surface area contributed by atoms with E-state index in [0.29, 0.717) is 31.6 Å². The molecule has 1 saturated heterocycles. The molecule has 1 aliphatic heterocycles. The number of hydrogen-bond donors (Lipinski definition) is 1. The van der Waals surface area contributed by atoms with Gasteiger partial charge in [-0.2, -0.15) is 0 Å². The molecule has 6 heteroatoms. The fourth-order valence-electron chi connectivity index (χ4n) is 3.18. The first-order valence-corrected chi connectivity index (χ1v) is 9.57. The van der Waals surface area contributed by atoms with E-state index in [1.54, 1.807) is 12.1 Å². The number of carbonyl (C=O) groups excluding carboxylic acids is 2. The average Bonchev–Trinajstić information content (AvgIpc) is 2.69. The monoisotopic (exact) mass is 385 g/mol. The summed E-state index contributed by atoms with van der Waals surface area (Å²) >= 11 is 6.04. The molecule has 0 aromatic heterocycles. The maximum Gasteiger partial charge on any atom is 0.251 e. The summed E-state index contributed by atoms with van der Waals surface area (Å²) in [4.78, 5) is 28.6. The van der Waals surface area contributed by atoms with Crippen LogP contribution in [0.25, 0.3) is 0 Å². The van der Waals surface area contributed by atoms with E-state index in [4.69, 9.17) is 11.6 Å². The highest BCUT2D eigenvalue weighted by Gasteiger charge is 2.21. The van der Waals surface area contributed by atoms with E-state index in [2.05, 4.69) is 16.3 Å². The van der Waals surface area contributed by atoms with Gasteiger partial charge in [0.1, 0.15) is 0 Å². The van der Waals surface area contributed by atoms with Gasteiger partial charge in [-0.15, -0.1) is 0 Å². The van der Waals surface area contributed by atoms with Gasteiger partial charge in [-0.1, -0.05) is 41.9 Å². The van der Waals surface area contributed by atoms with E-state index < -0.39 is 0 Å². The summed E-state index contributed by atoms with van der Waals surface area (Å²) in [6.45, 7) is 4.31. The molecule has 2 amide bonds. The Hall–Kier alpha value is -2.37. The number of benzene rings is 2. The standard InChI is InChI=1S/C21H24ClN3O2/c22-19-8-4-5-17(15-19)16-24-11-13-25(14-12-24)20(26)9-10-23-21(27)18-6-2-1-3-7-18/h1-8,15H,9-14,16H2,(H,23,27). The van der Waals surface area contributed by atoms with Gasteiger partial charge >= 0.3 is 0 Å². The van der Waals surface area contributed by atoms with E-state index in [-0.39, 0.29) is 11.8 Å². The third-order valence-electron chi connectivity index (χ3n) is 4.68. The summed E-state index contributed by atoms with van der Waals surface area (Å²) in [6.07, 6.45) is 0.326. The maximum absolute atomic E-state index is 12.4. The zero-order valence-corrected chi connectivity index (χ0v) is 16.0. The lowest BCUT2D eigenvalue weighted by Crippen LogP contribution is -2.48. The van der Waals surface area contributed by atoms with Crippen molar-refractivity contribution in [3.8, 4) is 0 Å². The predicted octanol–water partition coefficient (Wildman–Crippen LogP) is 2.80. The number of carbonyl (C=O) groups is 2. The first-order valence-electron chi connectivity index (χ1n) is 9.19. The number of nitrogens with one attached hydrogen (secondary N) is 1. The van der Waals surface area contributed by atoms with Crippen LogP contribution in [0.15, 0.2) is 54.6 Å². The van der Waals surface area contributed by atoms with Gasteiger partial charge in [0.2, 0.25) is 5.91 Å². The summed E-state index contributed by atoms with van der Waals surface area (Å²) < 4.78 is 0. The molecule has 0 atom stereocenters. The first kappa shape index (κ1) is 19.4. The number of hydrogen-bond acceptors (Lipinski definition) is 3. The van der Waals surface area contributed by atoms with Crippen LogP contribution in [0.4, 0.5) is 0 Å². The summed E-state index contributed by atoms with van der Waals surface area (Å²) in [6, 6.07) is 16.9. The van der Waals surface area contributed by atoms with E-state index in [0.717, 1.165) is 24.7 Å². The molecule has 1 N–H and O–H groups in total. The SMILES string of the molecule is O=C(NCCC(=O)N1CCN(Cc2cccc(Cl)c2)CC1)c1ccccc1. The van der Waals surface area contributed by atoms with Crippen LogP contribution in [0.5, 0.6) is 0 Å². The van der Waals surface area contributed by atoms with Crippen molar-refractivity contribution in [1.82, 2.24) is 15.1 Å². The minimum atomic E-state index is -0.144. The molecule has 3 rings (SSSR count). The van der Waals surface area contributed by atoms with Gasteiger partial charge in [0.05, 0.1) is 0 Å². The van der Waals surface area contributed by atoms with Crippen molar-refractivity contribution in [2.75, 3.05) is 32.7 Å². The van der Waals surface area contributed by atoms with Crippen molar-refractivity contribution in [2.24, 2.45) is 0 Å². The van der Waals surface area contributed by atoms with Crippen LogP contribution >= 0.6 is 11.6 Å². The molecule has 0 unspecified atom stereocenters. The molecule has 0 bridgehead atoms. The molecule has 5 nitrogen and oxygen atoms in total. The van der Waals surface area contributed by atoms with Crippen molar-refractivity contribution < 1.29 is 9.59 Å². The van der Waals surface area contributed by atoms with Gasteiger partial charge in [-0.05, 0) is 29.8 Å². The van der Waals surface area contributed by atoms with Crippen LogP contribution in [0.2, 0.25) is 5.02 Å². The Labute approximate surface area is 164 Å². The number of rotatable bonds is 6. The Kier molecular flexibility index (Phi) is 6.85. The summed E-state index contributed by atoms with van der Waals surface area (Å²) in [5, 5.41) is 3.56. The lowest BCUT2D eigenvalue weighted by molar-refractivity contribution is -0.132. The third-order valence-corrected chi connectivity index (χ3v) is 4.92. The molecule has 1 fully saturated rings. The van der Waals surface area contributed by atoms with Crippen molar-refractivity contribution in [1.29, 1.82) is 0 Å². The predicted molar refractivity (Wildman–Crippen MR) is 107 cm³/mol. The highest BCUT2D eigenvalue weighted by molar-refractivity contribution is 6.30. The zero-order chi connectivity index (χ0) is 19.1. The molecule has 2 aromatic rings. The second kappa shape index (κ2) is 9.53. The fourth-order valence-corrected chi connectivity index (χ4v) is 3.39. The Bertz CT molecular complexity index is 774. The number of amides is 2. The van der Waals surface area contributed by atoms with Crippen LogP contribution in [0, 0.1) is 0 Å². The van der Waals surface area contributed by atoms with E-state index in [9.17, 15) is 9.59 Å². The Morgan fingerprint density at radius 2 is 1.70 bits per heavy atom. The van der Waals surface area contributed by atoms with Crippen LogP contribution < -0.4 is 5.32 Å². The van der Waals surface area contributed by atoms with Crippen molar-refractivity contribution in [2.45, 2.75) is 13.0 Å². The van der Waals surface area contributed by atoms with Gasteiger partial charge in [0.25, 0.3) is 5.91 Å². The lowest BCUT2D eigenvalue weighted by Gasteiger charge is -2.34. The van der Waals surface area contributed by atoms with Crippen molar-refractivity contribution in [3.05, 3.63) is 70.7 Å². The van der Waals surface area contributed by atoms with Crippen molar-refractivity contribution >= 4 is 23.4 Å². The van der Waals surface area contributed by atoms with Crippen LogP contribution in [-0.2, 0) is 11.3 Å². The van der Waals surface area contributed by atoms with E-state index in [1.165, 1.54) is 5.56 Å². The molecule has 27 heavy (non-hydrogen) atoms. The lowest BCUT2D eigenvalue weighted by atomic mass is 10.2. The Morgan fingerprint density at radius 1 is 0.963 bits per heavy atom. The van der Waals surface area contributed by atoms with Gasteiger partial charge in [-0.25, -0.2) is 0 Å². The third kappa shape index (κ3) is 5.81. The molecular weight excluding hydrogens is 362 g/mol. The van der Waals surface area contributed by atoms with Crippen molar-refractivity contribution in [3.63, 3.8) is 0 Å². The minimum Gasteiger partial charge on any atom is -0.352 e. The number of halogens is 1. The molecule has 142 valence electrons. The molecular formula is C21H24ClN3O2. The van der Waals surface area contributed by atoms with Gasteiger partial charge in [0.15, 0.2) is 0 Å². The smallest absolute Gasteiger partial charge is 0.251 e. The van der Waals surface area contributed by atoms with E-state index in [1.807, 2.05) is 41.3 Å². The van der Waals surface area contributed by atoms with Gasteiger partial charge in [-0.3, -0.25) is 14.5 Å². The fraction of sp³-hybridized carbons (Fsp3) is 0.333. The first-order chi connectivity index (χ1) is 13.1. The molecule has 0 aliphatic carbocycles. The summed E-state index contributed by atoms with van der Waals surface area (Å²) in [7, 11) is 0. The highest BCUT2D eigenvalue weighted by atomic mass is 35.5. The molecule has 0 spiro atoms. The van der Waals surface area contributed by atoms with Gasteiger partial charge < -0.3 is 10.2 Å². The number of piperazine rings is 1.